The number of carbonyl (C=O) groups excluding carboxylic acids is 2. The first-order valence-corrected chi connectivity index (χ1v) is 9.07. The largest absolute Gasteiger partial charge is 0.444 e. The predicted octanol–water partition coefficient (Wildman–Crippen LogP) is 2.92. The maximum Gasteiger partial charge on any atom is 0.410 e. The van der Waals surface area contributed by atoms with Crippen LogP contribution in [0.5, 0.6) is 0 Å². The van der Waals surface area contributed by atoms with Gasteiger partial charge in [-0.25, -0.2) is 4.79 Å². The summed E-state index contributed by atoms with van der Waals surface area (Å²) in [5.41, 5.74) is 0.811. The van der Waals surface area contributed by atoms with Gasteiger partial charge in [-0.05, 0) is 52.4 Å². The number of nitrogens with one attached hydrogen (secondary N) is 3. The summed E-state index contributed by atoms with van der Waals surface area (Å²) >= 11 is 6.25. The summed E-state index contributed by atoms with van der Waals surface area (Å²) in [7, 11) is 1.88. The first kappa shape index (κ1) is 20.3. The molecule has 1 heterocycles. The molecule has 8 heteroatoms. The van der Waals surface area contributed by atoms with Crippen molar-refractivity contribution in [2.75, 3.05) is 37.3 Å². The Hall–Kier alpha value is -1.99. The van der Waals surface area contributed by atoms with Gasteiger partial charge in [0.1, 0.15) is 11.6 Å². The van der Waals surface area contributed by atoms with Crippen LogP contribution in [-0.4, -0.2) is 55.2 Å². The van der Waals surface area contributed by atoms with Gasteiger partial charge in [-0.2, -0.15) is 0 Å². The lowest BCUT2D eigenvalue weighted by Gasteiger charge is -2.40. The molecule has 7 nitrogen and oxygen atoms in total. The van der Waals surface area contributed by atoms with Crippen LogP contribution in [0.4, 0.5) is 16.2 Å². The van der Waals surface area contributed by atoms with Gasteiger partial charge >= 0.3 is 6.09 Å². The zero-order valence-corrected chi connectivity index (χ0v) is 16.4. The van der Waals surface area contributed by atoms with Crippen molar-refractivity contribution in [3.63, 3.8) is 0 Å². The number of anilines is 2. The number of likely N-dealkylation sites (tertiary alicyclic amines) is 1. The Labute approximate surface area is 159 Å². The lowest BCUT2D eigenvalue weighted by atomic mass is 10.0. The van der Waals surface area contributed by atoms with Crippen LogP contribution in [0.2, 0.25) is 5.02 Å². The molecule has 1 aromatic rings. The fourth-order valence-corrected chi connectivity index (χ4v) is 2.73. The van der Waals surface area contributed by atoms with Crippen molar-refractivity contribution in [2.45, 2.75) is 38.8 Å². The maximum atomic E-state index is 12.5. The van der Waals surface area contributed by atoms with E-state index >= 15 is 0 Å². The van der Waals surface area contributed by atoms with Crippen molar-refractivity contribution in [3.05, 3.63) is 23.2 Å². The Morgan fingerprint density at radius 2 is 2.04 bits per heavy atom. The highest BCUT2D eigenvalue weighted by Gasteiger charge is 2.39. The molecular formula is C18H27ClN4O3. The summed E-state index contributed by atoms with van der Waals surface area (Å²) in [4.78, 5) is 26.0. The number of ether oxygens (including phenoxy) is 1. The topological polar surface area (TPSA) is 82.7 Å². The highest BCUT2D eigenvalue weighted by molar-refractivity contribution is 6.33. The smallest absolute Gasteiger partial charge is 0.410 e. The molecule has 0 unspecified atom stereocenters. The van der Waals surface area contributed by atoms with E-state index in [1.165, 1.54) is 4.90 Å². The average molecular weight is 383 g/mol. The maximum absolute atomic E-state index is 12.5. The van der Waals surface area contributed by atoms with E-state index in [1.807, 2.05) is 13.1 Å². The van der Waals surface area contributed by atoms with E-state index in [2.05, 4.69) is 16.0 Å². The molecule has 0 bridgehead atoms. The average Bonchev–Trinajstić information content (AvgIpc) is 2.46. The van der Waals surface area contributed by atoms with Crippen LogP contribution in [-0.2, 0) is 9.53 Å². The van der Waals surface area contributed by atoms with Gasteiger partial charge in [-0.15, -0.1) is 0 Å². The van der Waals surface area contributed by atoms with Crippen molar-refractivity contribution in [1.82, 2.24) is 10.2 Å². The van der Waals surface area contributed by atoms with E-state index < -0.39 is 17.7 Å². The molecule has 0 aliphatic carbocycles. The van der Waals surface area contributed by atoms with Gasteiger partial charge < -0.3 is 20.7 Å². The molecule has 3 N–H and O–H groups in total. The minimum absolute atomic E-state index is 0.242. The molecular weight excluding hydrogens is 356 g/mol. The summed E-state index contributed by atoms with van der Waals surface area (Å²) in [6.45, 7) is 7.48. The van der Waals surface area contributed by atoms with Crippen LogP contribution < -0.4 is 16.0 Å². The second-order valence-corrected chi connectivity index (χ2v) is 7.60. The fourth-order valence-electron chi connectivity index (χ4n) is 2.48. The Morgan fingerprint density at radius 1 is 1.31 bits per heavy atom. The number of halogens is 1. The number of amides is 2. The summed E-state index contributed by atoms with van der Waals surface area (Å²) in [6, 6.07) is 4.77. The third kappa shape index (κ3) is 5.51. The number of rotatable bonds is 6. The monoisotopic (exact) mass is 382 g/mol. The Kier molecular flexibility index (Phi) is 6.72. The first-order valence-electron chi connectivity index (χ1n) is 8.70. The molecule has 1 atom stereocenters. The van der Waals surface area contributed by atoms with Crippen molar-refractivity contribution in [2.24, 2.45) is 0 Å². The Balaban J connectivity index is 1.93. The highest BCUT2D eigenvalue weighted by Crippen LogP contribution is 2.27. The third-order valence-corrected chi connectivity index (χ3v) is 4.19. The Morgan fingerprint density at radius 3 is 2.58 bits per heavy atom. The minimum Gasteiger partial charge on any atom is -0.444 e. The van der Waals surface area contributed by atoms with Crippen LogP contribution >= 0.6 is 11.6 Å². The molecule has 2 rings (SSSR count). The van der Waals surface area contributed by atoms with Crippen LogP contribution in [0.3, 0.4) is 0 Å². The van der Waals surface area contributed by atoms with Crippen molar-refractivity contribution in [1.29, 1.82) is 0 Å². The van der Waals surface area contributed by atoms with Crippen molar-refractivity contribution < 1.29 is 14.3 Å². The lowest BCUT2D eigenvalue weighted by Crippen LogP contribution is -2.57. The summed E-state index contributed by atoms with van der Waals surface area (Å²) in [5, 5.41) is 9.59. The first-order chi connectivity index (χ1) is 12.2. The molecule has 1 aromatic carbocycles. The van der Waals surface area contributed by atoms with Gasteiger partial charge in [0.25, 0.3) is 0 Å². The Bertz CT molecular complexity index is 660. The molecule has 26 heavy (non-hydrogen) atoms. The molecule has 0 spiro atoms. The van der Waals surface area contributed by atoms with E-state index in [0.29, 0.717) is 23.7 Å². The van der Waals surface area contributed by atoms with Gasteiger partial charge in [0.2, 0.25) is 5.91 Å². The normalized spacial score (nSPS) is 16.7. The summed E-state index contributed by atoms with van der Waals surface area (Å²) in [5.74, 6) is -0.242. The van der Waals surface area contributed by atoms with Gasteiger partial charge in [0.15, 0.2) is 0 Å². The quantitative estimate of drug-likeness (QED) is 0.659. The SMILES string of the molecule is CNCCNc1ccc(NC(=O)[C@@H]2CCN2C(=O)OC(C)(C)C)cc1Cl. The molecule has 2 amide bonds. The number of benzene rings is 1. The van der Waals surface area contributed by atoms with E-state index in [1.54, 1.807) is 32.9 Å². The fraction of sp³-hybridized carbons (Fsp3) is 0.556. The third-order valence-electron chi connectivity index (χ3n) is 3.88. The number of carbonyl (C=O) groups is 2. The highest BCUT2D eigenvalue weighted by atomic mass is 35.5. The van der Waals surface area contributed by atoms with E-state index in [-0.39, 0.29) is 5.91 Å². The van der Waals surface area contributed by atoms with Crippen LogP contribution in [0.25, 0.3) is 0 Å². The second kappa shape index (κ2) is 8.60. The molecule has 1 aliphatic heterocycles. The van der Waals surface area contributed by atoms with Gasteiger partial charge in [0.05, 0.1) is 10.7 Å². The van der Waals surface area contributed by atoms with Gasteiger partial charge in [0, 0.05) is 25.3 Å². The van der Waals surface area contributed by atoms with Gasteiger partial charge in [-0.3, -0.25) is 9.69 Å². The molecule has 1 saturated heterocycles. The number of nitrogens with zero attached hydrogens (tertiary/aromatic N) is 1. The van der Waals surface area contributed by atoms with Crippen molar-refractivity contribution >= 4 is 35.0 Å². The van der Waals surface area contributed by atoms with E-state index in [9.17, 15) is 9.59 Å². The number of hydrogen-bond acceptors (Lipinski definition) is 5. The lowest BCUT2D eigenvalue weighted by molar-refractivity contribution is -0.125. The van der Waals surface area contributed by atoms with Crippen LogP contribution in [0.1, 0.15) is 27.2 Å². The molecule has 144 valence electrons. The second-order valence-electron chi connectivity index (χ2n) is 7.19. The predicted molar refractivity (Wildman–Crippen MR) is 104 cm³/mol. The molecule has 0 saturated carbocycles. The molecule has 0 radical (unpaired) electrons. The molecule has 1 fully saturated rings. The van der Waals surface area contributed by atoms with Crippen LogP contribution in [0, 0.1) is 0 Å². The van der Waals surface area contributed by atoms with Gasteiger partial charge in [-0.1, -0.05) is 11.6 Å². The molecule has 1 aliphatic rings. The standard InChI is InChI=1S/C18H27ClN4O3/c1-18(2,3)26-17(25)23-10-7-15(23)16(24)22-12-5-6-14(13(19)11-12)21-9-8-20-4/h5-6,11,15,20-21H,7-10H2,1-4H3,(H,22,24)/t15-/m0/s1. The molecule has 0 aromatic heterocycles. The van der Waals surface area contributed by atoms with Crippen molar-refractivity contribution in [3.8, 4) is 0 Å². The number of hydrogen-bond donors (Lipinski definition) is 3. The zero-order chi connectivity index (χ0) is 19.3. The van der Waals surface area contributed by atoms with E-state index in [0.717, 1.165) is 18.8 Å². The summed E-state index contributed by atoms with van der Waals surface area (Å²) in [6.07, 6.45) is 0.147. The minimum atomic E-state index is -0.586. The van der Waals surface area contributed by atoms with E-state index in [4.69, 9.17) is 16.3 Å². The zero-order valence-electron chi connectivity index (χ0n) is 15.7. The van der Waals surface area contributed by atoms with Crippen LogP contribution in [0.15, 0.2) is 18.2 Å². The number of likely N-dealkylation sites (N-methyl/N-ethyl adjacent to an activating group) is 1. The summed E-state index contributed by atoms with van der Waals surface area (Å²) < 4.78 is 5.33.